The third-order valence-corrected chi connectivity index (χ3v) is 3.92. The topological polar surface area (TPSA) is 64.3 Å². The lowest BCUT2D eigenvalue weighted by Gasteiger charge is -2.19. The zero-order valence-corrected chi connectivity index (χ0v) is 12.0. The van der Waals surface area contributed by atoms with Gasteiger partial charge in [-0.05, 0) is 24.8 Å². The SMILES string of the molecule is CCC1OCCC1CNC(=O)[C@@H](N)Cc1ccccc1. The standard InChI is InChI=1S/C16H24N2O2/c1-2-15-13(8-9-20-15)11-18-16(19)14(17)10-12-6-4-3-5-7-12/h3-7,13-15H,2,8-11,17H2,1H3,(H,18,19)/t13?,14-,15?/m0/s1. The normalized spacial score (nSPS) is 23.5. The number of carbonyl (C=O) groups is 1. The van der Waals surface area contributed by atoms with E-state index in [0.717, 1.165) is 25.0 Å². The van der Waals surface area contributed by atoms with Gasteiger partial charge in [-0.3, -0.25) is 4.79 Å². The molecule has 0 radical (unpaired) electrons. The Morgan fingerprint density at radius 3 is 2.90 bits per heavy atom. The largest absolute Gasteiger partial charge is 0.378 e. The van der Waals surface area contributed by atoms with E-state index in [-0.39, 0.29) is 12.0 Å². The summed E-state index contributed by atoms with van der Waals surface area (Å²) in [5, 5.41) is 2.96. The van der Waals surface area contributed by atoms with E-state index in [1.165, 1.54) is 0 Å². The van der Waals surface area contributed by atoms with Crippen LogP contribution < -0.4 is 11.1 Å². The Morgan fingerprint density at radius 1 is 1.45 bits per heavy atom. The average Bonchev–Trinajstić information content (AvgIpc) is 2.93. The highest BCUT2D eigenvalue weighted by Gasteiger charge is 2.27. The quantitative estimate of drug-likeness (QED) is 0.827. The Morgan fingerprint density at radius 2 is 2.20 bits per heavy atom. The second-order valence-corrected chi connectivity index (χ2v) is 5.41. The fourth-order valence-corrected chi connectivity index (χ4v) is 2.70. The fourth-order valence-electron chi connectivity index (χ4n) is 2.70. The molecule has 3 atom stereocenters. The van der Waals surface area contributed by atoms with Crippen molar-refractivity contribution < 1.29 is 9.53 Å². The van der Waals surface area contributed by atoms with Gasteiger partial charge in [0, 0.05) is 19.1 Å². The molecular formula is C16H24N2O2. The van der Waals surface area contributed by atoms with Gasteiger partial charge in [-0.15, -0.1) is 0 Å². The Hall–Kier alpha value is -1.39. The molecule has 1 aliphatic rings. The maximum atomic E-state index is 12.0. The first kappa shape index (κ1) is 15.0. The monoisotopic (exact) mass is 276 g/mol. The fraction of sp³-hybridized carbons (Fsp3) is 0.562. The third kappa shape index (κ3) is 4.05. The van der Waals surface area contributed by atoms with E-state index in [2.05, 4.69) is 12.2 Å². The van der Waals surface area contributed by atoms with Crippen LogP contribution in [0.1, 0.15) is 25.3 Å². The van der Waals surface area contributed by atoms with E-state index < -0.39 is 6.04 Å². The van der Waals surface area contributed by atoms with Gasteiger partial charge < -0.3 is 15.8 Å². The van der Waals surface area contributed by atoms with Gasteiger partial charge in [0.2, 0.25) is 5.91 Å². The number of rotatable bonds is 6. The van der Waals surface area contributed by atoms with Crippen LogP contribution in [0, 0.1) is 5.92 Å². The number of ether oxygens (including phenoxy) is 1. The van der Waals surface area contributed by atoms with Crippen molar-refractivity contribution in [3.8, 4) is 0 Å². The van der Waals surface area contributed by atoms with Crippen LogP contribution in [0.25, 0.3) is 0 Å². The minimum Gasteiger partial charge on any atom is -0.378 e. The van der Waals surface area contributed by atoms with Crippen molar-refractivity contribution >= 4 is 5.91 Å². The molecule has 1 saturated heterocycles. The number of nitrogens with two attached hydrogens (primary N) is 1. The highest BCUT2D eigenvalue weighted by molar-refractivity contribution is 5.81. The van der Waals surface area contributed by atoms with Crippen LogP contribution in [0.3, 0.4) is 0 Å². The van der Waals surface area contributed by atoms with Crippen LogP contribution in [0.5, 0.6) is 0 Å². The predicted molar refractivity (Wildman–Crippen MR) is 79.3 cm³/mol. The molecule has 20 heavy (non-hydrogen) atoms. The number of nitrogens with one attached hydrogen (secondary N) is 1. The summed E-state index contributed by atoms with van der Waals surface area (Å²) >= 11 is 0. The van der Waals surface area contributed by atoms with Gasteiger partial charge in [-0.25, -0.2) is 0 Å². The number of hydrogen-bond acceptors (Lipinski definition) is 3. The molecule has 110 valence electrons. The summed E-state index contributed by atoms with van der Waals surface area (Å²) in [6, 6.07) is 9.37. The van der Waals surface area contributed by atoms with Gasteiger partial charge in [-0.2, -0.15) is 0 Å². The zero-order chi connectivity index (χ0) is 14.4. The molecule has 2 unspecified atom stereocenters. The van der Waals surface area contributed by atoms with Crippen molar-refractivity contribution in [3.63, 3.8) is 0 Å². The Balaban J connectivity index is 1.77. The third-order valence-electron chi connectivity index (χ3n) is 3.92. The molecule has 0 saturated carbocycles. The molecular weight excluding hydrogens is 252 g/mol. The first-order valence-corrected chi connectivity index (χ1v) is 7.39. The molecule has 4 nitrogen and oxygen atoms in total. The van der Waals surface area contributed by atoms with Gasteiger partial charge >= 0.3 is 0 Å². The molecule has 4 heteroatoms. The van der Waals surface area contributed by atoms with Crippen molar-refractivity contribution in [1.29, 1.82) is 0 Å². The summed E-state index contributed by atoms with van der Waals surface area (Å²) in [6.07, 6.45) is 2.87. The van der Waals surface area contributed by atoms with E-state index in [4.69, 9.17) is 10.5 Å². The molecule has 1 amide bonds. The van der Waals surface area contributed by atoms with Gasteiger partial charge in [0.15, 0.2) is 0 Å². The van der Waals surface area contributed by atoms with E-state index in [1.54, 1.807) is 0 Å². The van der Waals surface area contributed by atoms with Crippen LogP contribution >= 0.6 is 0 Å². The molecule has 2 rings (SSSR count). The van der Waals surface area contributed by atoms with Crippen LogP contribution in [-0.2, 0) is 16.0 Å². The summed E-state index contributed by atoms with van der Waals surface area (Å²) in [5.74, 6) is 0.350. The number of hydrogen-bond donors (Lipinski definition) is 2. The van der Waals surface area contributed by atoms with E-state index >= 15 is 0 Å². The second-order valence-electron chi connectivity index (χ2n) is 5.41. The van der Waals surface area contributed by atoms with Crippen molar-refractivity contribution in [3.05, 3.63) is 35.9 Å². The first-order valence-electron chi connectivity index (χ1n) is 7.39. The lowest BCUT2D eigenvalue weighted by molar-refractivity contribution is -0.122. The van der Waals surface area contributed by atoms with Gasteiger partial charge in [0.1, 0.15) is 0 Å². The summed E-state index contributed by atoms with van der Waals surface area (Å²) in [6.45, 7) is 3.58. The van der Waals surface area contributed by atoms with Gasteiger partial charge in [-0.1, -0.05) is 37.3 Å². The van der Waals surface area contributed by atoms with Crippen molar-refractivity contribution in [1.82, 2.24) is 5.32 Å². The van der Waals surface area contributed by atoms with Crippen LogP contribution in [0.2, 0.25) is 0 Å². The molecule has 0 aromatic heterocycles. The Bertz CT molecular complexity index is 422. The van der Waals surface area contributed by atoms with Gasteiger partial charge in [0.25, 0.3) is 0 Å². The molecule has 1 fully saturated rings. The summed E-state index contributed by atoms with van der Waals surface area (Å²) in [7, 11) is 0. The minimum atomic E-state index is -0.486. The van der Waals surface area contributed by atoms with Crippen LogP contribution in [-0.4, -0.2) is 31.2 Å². The lowest BCUT2D eigenvalue weighted by Crippen LogP contribution is -2.44. The van der Waals surface area contributed by atoms with Crippen molar-refractivity contribution in [2.75, 3.05) is 13.2 Å². The molecule has 3 N–H and O–H groups in total. The van der Waals surface area contributed by atoms with E-state index in [0.29, 0.717) is 18.9 Å². The molecule has 1 heterocycles. The highest BCUT2D eigenvalue weighted by atomic mass is 16.5. The predicted octanol–water partition coefficient (Wildman–Crippen LogP) is 1.49. The average molecular weight is 276 g/mol. The lowest BCUT2D eigenvalue weighted by atomic mass is 9.99. The number of benzene rings is 1. The molecule has 0 spiro atoms. The maximum Gasteiger partial charge on any atom is 0.237 e. The molecule has 1 aromatic rings. The number of amides is 1. The smallest absolute Gasteiger partial charge is 0.237 e. The first-order chi connectivity index (χ1) is 9.70. The van der Waals surface area contributed by atoms with Gasteiger partial charge in [0.05, 0.1) is 12.1 Å². The molecule has 1 aromatic carbocycles. The maximum absolute atomic E-state index is 12.0. The summed E-state index contributed by atoms with van der Waals surface area (Å²) < 4.78 is 5.62. The molecule has 0 bridgehead atoms. The molecule has 0 aliphatic carbocycles. The minimum absolute atomic E-state index is 0.0735. The van der Waals surface area contributed by atoms with Crippen LogP contribution in [0.15, 0.2) is 30.3 Å². The second kappa shape index (κ2) is 7.41. The van der Waals surface area contributed by atoms with E-state index in [9.17, 15) is 4.79 Å². The van der Waals surface area contributed by atoms with Crippen molar-refractivity contribution in [2.45, 2.75) is 38.3 Å². The Labute approximate surface area is 120 Å². The zero-order valence-electron chi connectivity index (χ0n) is 12.0. The van der Waals surface area contributed by atoms with Crippen LogP contribution in [0.4, 0.5) is 0 Å². The van der Waals surface area contributed by atoms with E-state index in [1.807, 2.05) is 30.3 Å². The Kier molecular flexibility index (Phi) is 5.56. The molecule has 1 aliphatic heterocycles. The highest BCUT2D eigenvalue weighted by Crippen LogP contribution is 2.22. The summed E-state index contributed by atoms with van der Waals surface area (Å²) in [4.78, 5) is 12.0. The number of carbonyl (C=O) groups excluding carboxylic acids is 1. The van der Waals surface area contributed by atoms with Crippen molar-refractivity contribution in [2.24, 2.45) is 11.7 Å². The summed E-state index contributed by atoms with van der Waals surface area (Å²) in [5.41, 5.74) is 7.05.